The molecule has 2 rings (SSSR count). The van der Waals surface area contributed by atoms with Crippen molar-refractivity contribution in [2.24, 2.45) is 0 Å². The number of nitrogens with zero attached hydrogens (tertiary/aromatic N) is 2. The molecule has 1 aromatic heterocycles. The van der Waals surface area contributed by atoms with Crippen molar-refractivity contribution in [2.75, 3.05) is 11.1 Å². The van der Waals surface area contributed by atoms with Crippen LogP contribution in [0.5, 0.6) is 0 Å². The normalized spacial score (nSPS) is 10.1. The van der Waals surface area contributed by atoms with Crippen LogP contribution in [-0.4, -0.2) is 10.1 Å². The third-order valence-corrected chi connectivity index (χ3v) is 2.11. The molecule has 0 aliphatic rings. The highest BCUT2D eigenvalue weighted by Crippen LogP contribution is 2.22. The Hall–Kier alpha value is -2.57. The molecule has 17 heavy (non-hydrogen) atoms. The smallest absolute Gasteiger partial charge is 0.273 e. The number of nitrogens with two attached hydrogens (primary N) is 1. The van der Waals surface area contributed by atoms with Crippen molar-refractivity contribution in [3.8, 4) is 0 Å². The van der Waals surface area contributed by atoms with Gasteiger partial charge in [-0.25, -0.2) is 0 Å². The summed E-state index contributed by atoms with van der Waals surface area (Å²) in [6.07, 6.45) is 1.53. The summed E-state index contributed by atoms with van der Waals surface area (Å²) in [6, 6.07) is 6.03. The molecule has 0 saturated carbocycles. The Balaban J connectivity index is 2.13. The van der Waals surface area contributed by atoms with Crippen LogP contribution in [0.25, 0.3) is 0 Å². The van der Waals surface area contributed by atoms with E-state index in [0.29, 0.717) is 23.7 Å². The number of nitro benzene ring substituents is 1. The Morgan fingerprint density at radius 3 is 2.94 bits per heavy atom. The van der Waals surface area contributed by atoms with E-state index in [1.54, 1.807) is 12.1 Å². The lowest BCUT2D eigenvalue weighted by atomic mass is 10.2. The van der Waals surface area contributed by atoms with Crippen LogP contribution in [0.2, 0.25) is 0 Å². The molecule has 0 amide bonds. The van der Waals surface area contributed by atoms with E-state index < -0.39 is 4.92 Å². The fourth-order valence-electron chi connectivity index (χ4n) is 1.36. The lowest BCUT2D eigenvalue weighted by Gasteiger charge is -2.04. The van der Waals surface area contributed by atoms with Gasteiger partial charge in [0.1, 0.15) is 0 Å². The van der Waals surface area contributed by atoms with Crippen LogP contribution in [0.1, 0.15) is 5.76 Å². The Labute approximate surface area is 96.4 Å². The van der Waals surface area contributed by atoms with E-state index in [2.05, 4.69) is 10.5 Å². The quantitative estimate of drug-likeness (QED) is 0.474. The number of hydrogen-bond donors (Lipinski definition) is 2. The van der Waals surface area contributed by atoms with Crippen molar-refractivity contribution in [3.05, 3.63) is 46.3 Å². The molecule has 0 atom stereocenters. The summed E-state index contributed by atoms with van der Waals surface area (Å²) in [5.74, 6) is 0.634. The summed E-state index contributed by atoms with van der Waals surface area (Å²) in [4.78, 5) is 10.1. The number of rotatable bonds is 4. The van der Waals surface area contributed by atoms with Gasteiger partial charge in [-0.3, -0.25) is 10.1 Å². The SMILES string of the molecule is Nc1cc(NCc2ccno2)cc([N+](=O)[O-])c1. The maximum atomic E-state index is 10.6. The number of nitro groups is 1. The Kier molecular flexibility index (Phi) is 2.91. The zero-order chi connectivity index (χ0) is 12.3. The van der Waals surface area contributed by atoms with E-state index >= 15 is 0 Å². The number of hydrogen-bond acceptors (Lipinski definition) is 6. The van der Waals surface area contributed by atoms with E-state index in [1.165, 1.54) is 18.3 Å². The number of nitrogen functional groups attached to an aromatic ring is 1. The van der Waals surface area contributed by atoms with E-state index in [-0.39, 0.29) is 5.69 Å². The van der Waals surface area contributed by atoms with Gasteiger partial charge in [0.05, 0.1) is 17.7 Å². The number of benzene rings is 1. The number of anilines is 2. The van der Waals surface area contributed by atoms with Crippen LogP contribution in [0.3, 0.4) is 0 Å². The Morgan fingerprint density at radius 1 is 1.47 bits per heavy atom. The highest BCUT2D eigenvalue weighted by molar-refractivity contribution is 5.61. The van der Waals surface area contributed by atoms with Gasteiger partial charge in [0.25, 0.3) is 5.69 Å². The molecule has 7 heteroatoms. The molecule has 0 spiro atoms. The maximum Gasteiger partial charge on any atom is 0.273 e. The molecule has 0 aliphatic heterocycles. The van der Waals surface area contributed by atoms with Crippen LogP contribution >= 0.6 is 0 Å². The van der Waals surface area contributed by atoms with Gasteiger partial charge < -0.3 is 15.6 Å². The van der Waals surface area contributed by atoms with E-state index in [9.17, 15) is 10.1 Å². The zero-order valence-corrected chi connectivity index (χ0v) is 8.79. The monoisotopic (exact) mass is 234 g/mol. The minimum absolute atomic E-state index is 0.0509. The highest BCUT2D eigenvalue weighted by atomic mass is 16.6. The fourth-order valence-corrected chi connectivity index (χ4v) is 1.36. The van der Waals surface area contributed by atoms with Crippen LogP contribution < -0.4 is 11.1 Å². The van der Waals surface area contributed by atoms with Gasteiger partial charge in [0.2, 0.25) is 0 Å². The summed E-state index contributed by atoms with van der Waals surface area (Å²) < 4.78 is 4.89. The first-order valence-corrected chi connectivity index (χ1v) is 4.83. The number of nitrogens with one attached hydrogen (secondary N) is 1. The standard InChI is InChI=1S/C10H10N4O3/c11-7-3-8(5-9(4-7)14(15)16)12-6-10-1-2-13-17-10/h1-5,12H,6,11H2. The average Bonchev–Trinajstić information content (AvgIpc) is 2.78. The van der Waals surface area contributed by atoms with E-state index in [4.69, 9.17) is 10.3 Å². The number of non-ortho nitro benzene ring substituents is 1. The summed E-state index contributed by atoms with van der Waals surface area (Å²) >= 11 is 0. The molecule has 1 aromatic carbocycles. The molecule has 0 bridgehead atoms. The second kappa shape index (κ2) is 4.52. The molecule has 0 saturated heterocycles. The van der Waals surface area contributed by atoms with Crippen LogP contribution in [-0.2, 0) is 6.54 Å². The molecule has 0 aliphatic carbocycles. The molecule has 2 aromatic rings. The van der Waals surface area contributed by atoms with Gasteiger partial charge in [-0.1, -0.05) is 5.16 Å². The second-order valence-corrected chi connectivity index (χ2v) is 3.40. The Morgan fingerprint density at radius 2 is 2.29 bits per heavy atom. The van der Waals surface area contributed by atoms with Gasteiger partial charge in [-0.15, -0.1) is 0 Å². The van der Waals surface area contributed by atoms with E-state index in [0.717, 1.165) is 0 Å². The van der Waals surface area contributed by atoms with Crippen molar-refractivity contribution in [1.29, 1.82) is 0 Å². The van der Waals surface area contributed by atoms with Gasteiger partial charge in [-0.05, 0) is 6.07 Å². The van der Waals surface area contributed by atoms with Crippen molar-refractivity contribution < 1.29 is 9.45 Å². The van der Waals surface area contributed by atoms with Gasteiger partial charge in [-0.2, -0.15) is 0 Å². The van der Waals surface area contributed by atoms with Gasteiger partial charge in [0, 0.05) is 29.6 Å². The van der Waals surface area contributed by atoms with Crippen LogP contribution in [0.4, 0.5) is 17.1 Å². The molecule has 3 N–H and O–H groups in total. The predicted octanol–water partition coefficient (Wildman–Crippen LogP) is 1.78. The van der Waals surface area contributed by atoms with Gasteiger partial charge in [0.15, 0.2) is 5.76 Å². The predicted molar refractivity (Wildman–Crippen MR) is 61.3 cm³/mol. The lowest BCUT2D eigenvalue weighted by Crippen LogP contribution is -2.00. The van der Waals surface area contributed by atoms with Crippen molar-refractivity contribution in [3.63, 3.8) is 0 Å². The third kappa shape index (κ3) is 2.71. The minimum atomic E-state index is -0.490. The lowest BCUT2D eigenvalue weighted by molar-refractivity contribution is -0.384. The first-order valence-electron chi connectivity index (χ1n) is 4.83. The largest absolute Gasteiger partial charge is 0.398 e. The Bertz CT molecular complexity index is 524. The average molecular weight is 234 g/mol. The van der Waals surface area contributed by atoms with Crippen LogP contribution in [0.15, 0.2) is 35.0 Å². The van der Waals surface area contributed by atoms with Crippen molar-refractivity contribution >= 4 is 17.1 Å². The third-order valence-electron chi connectivity index (χ3n) is 2.11. The van der Waals surface area contributed by atoms with Crippen molar-refractivity contribution in [1.82, 2.24) is 5.16 Å². The molecule has 0 unspecified atom stereocenters. The maximum absolute atomic E-state index is 10.6. The second-order valence-electron chi connectivity index (χ2n) is 3.40. The highest BCUT2D eigenvalue weighted by Gasteiger charge is 2.08. The molecule has 1 heterocycles. The molecule has 0 radical (unpaired) electrons. The van der Waals surface area contributed by atoms with Gasteiger partial charge >= 0.3 is 0 Å². The number of aromatic nitrogens is 1. The zero-order valence-electron chi connectivity index (χ0n) is 8.79. The molecular weight excluding hydrogens is 224 g/mol. The summed E-state index contributed by atoms with van der Waals surface area (Å²) in [5, 5.41) is 17.1. The topological polar surface area (TPSA) is 107 Å². The molecule has 7 nitrogen and oxygen atoms in total. The molecular formula is C10H10N4O3. The van der Waals surface area contributed by atoms with E-state index in [1.807, 2.05) is 0 Å². The summed E-state index contributed by atoms with van der Waals surface area (Å²) in [6.45, 7) is 0.389. The molecule has 0 fully saturated rings. The summed E-state index contributed by atoms with van der Waals surface area (Å²) in [5.41, 5.74) is 6.41. The first kappa shape index (κ1) is 10.9. The summed E-state index contributed by atoms with van der Waals surface area (Å²) in [7, 11) is 0. The molecule has 88 valence electrons. The van der Waals surface area contributed by atoms with Crippen molar-refractivity contribution in [2.45, 2.75) is 6.54 Å². The minimum Gasteiger partial charge on any atom is -0.398 e. The first-order chi connectivity index (χ1) is 8.15. The van der Waals surface area contributed by atoms with Crippen LogP contribution in [0, 0.1) is 10.1 Å². The fraction of sp³-hybridized carbons (Fsp3) is 0.100.